The summed E-state index contributed by atoms with van der Waals surface area (Å²) in [7, 11) is 1.94. The Morgan fingerprint density at radius 1 is 1.22 bits per heavy atom. The molecule has 0 spiro atoms. The zero-order valence-electron chi connectivity index (χ0n) is 12.3. The molecule has 1 rings (SSSR count). The van der Waals surface area contributed by atoms with E-state index in [1.807, 2.05) is 20.0 Å². The van der Waals surface area contributed by atoms with E-state index in [9.17, 15) is 0 Å². The van der Waals surface area contributed by atoms with Crippen molar-refractivity contribution in [3.05, 3.63) is 11.9 Å². The number of aromatic nitrogens is 2. The molecule has 0 fully saturated rings. The van der Waals surface area contributed by atoms with Crippen LogP contribution in [0.4, 0.5) is 11.6 Å². The minimum absolute atomic E-state index is 0.0509. The topological polar surface area (TPSA) is 61.9 Å². The molecule has 0 aromatic carbocycles. The van der Waals surface area contributed by atoms with Crippen LogP contribution in [0.1, 0.15) is 33.5 Å². The average Bonchev–Trinajstić information content (AvgIpc) is 2.13. The van der Waals surface area contributed by atoms with Crippen LogP contribution in [0.5, 0.6) is 0 Å². The summed E-state index contributed by atoms with van der Waals surface area (Å²) in [6.07, 6.45) is 0. The van der Waals surface area contributed by atoms with Crippen molar-refractivity contribution in [2.75, 3.05) is 24.2 Å². The summed E-state index contributed by atoms with van der Waals surface area (Å²) in [6.45, 7) is 11.2. The molecule has 0 bridgehead atoms. The van der Waals surface area contributed by atoms with Gasteiger partial charge in [-0.25, -0.2) is 9.97 Å². The van der Waals surface area contributed by atoms with Crippen LogP contribution in [0.3, 0.4) is 0 Å². The predicted octanol–water partition coefficient (Wildman–Crippen LogP) is 2.02. The first-order valence-corrected chi connectivity index (χ1v) is 6.37. The molecule has 5 nitrogen and oxygen atoms in total. The fourth-order valence-corrected chi connectivity index (χ4v) is 1.83. The normalized spacial score (nSPS) is 11.7. The fourth-order valence-electron chi connectivity index (χ4n) is 1.83. The van der Waals surface area contributed by atoms with Gasteiger partial charge in [-0.2, -0.15) is 0 Å². The first kappa shape index (κ1) is 14.7. The summed E-state index contributed by atoms with van der Waals surface area (Å²) in [6, 6.07) is 2.31. The molecule has 0 saturated carbocycles. The number of aryl methyl sites for hydroxylation is 1. The molecule has 0 saturated heterocycles. The first-order valence-electron chi connectivity index (χ1n) is 6.37. The average molecular weight is 251 g/mol. The van der Waals surface area contributed by atoms with Crippen molar-refractivity contribution in [2.24, 2.45) is 0 Å². The van der Waals surface area contributed by atoms with Crippen molar-refractivity contribution in [2.45, 2.75) is 46.2 Å². The highest BCUT2D eigenvalue weighted by molar-refractivity contribution is 5.49. The van der Waals surface area contributed by atoms with Gasteiger partial charge in [0.25, 0.3) is 0 Å². The summed E-state index contributed by atoms with van der Waals surface area (Å²) >= 11 is 0. The molecule has 0 unspecified atom stereocenters. The van der Waals surface area contributed by atoms with E-state index < -0.39 is 0 Å². The zero-order chi connectivity index (χ0) is 13.8. The molecule has 0 aliphatic rings. The summed E-state index contributed by atoms with van der Waals surface area (Å²) in [4.78, 5) is 8.79. The largest absolute Gasteiger partial charge is 0.368 e. The lowest BCUT2D eigenvalue weighted by Gasteiger charge is -2.27. The van der Waals surface area contributed by atoms with E-state index in [1.165, 1.54) is 0 Å². The Bertz CT molecular complexity index is 387. The lowest BCUT2D eigenvalue weighted by atomic mass is 10.1. The Kier molecular flexibility index (Phi) is 4.90. The maximum atomic E-state index is 4.42. The SMILES string of the molecule is CNCC(C)(C)Nc1cc(NC(C)C)nc(C)n1. The molecular formula is C13H25N5. The minimum Gasteiger partial charge on any atom is -0.368 e. The Morgan fingerprint density at radius 2 is 1.83 bits per heavy atom. The van der Waals surface area contributed by atoms with Gasteiger partial charge in [-0.05, 0) is 41.7 Å². The number of anilines is 2. The van der Waals surface area contributed by atoms with Gasteiger partial charge in [0, 0.05) is 24.2 Å². The molecule has 1 heterocycles. The number of nitrogens with zero attached hydrogens (tertiary/aromatic N) is 2. The Balaban J connectivity index is 2.85. The first-order chi connectivity index (χ1) is 8.32. The second kappa shape index (κ2) is 6.00. The van der Waals surface area contributed by atoms with Crippen LogP contribution < -0.4 is 16.0 Å². The van der Waals surface area contributed by atoms with Crippen molar-refractivity contribution < 1.29 is 0 Å². The standard InChI is InChI=1S/C13H25N5/c1-9(2)15-11-7-12(17-10(3)16-11)18-13(4,5)8-14-6/h7,9,14H,8H2,1-6H3,(H2,15,16,17,18). The third kappa shape index (κ3) is 4.87. The van der Waals surface area contributed by atoms with Gasteiger partial charge >= 0.3 is 0 Å². The Labute approximate surface area is 110 Å². The van der Waals surface area contributed by atoms with E-state index in [1.54, 1.807) is 0 Å². The van der Waals surface area contributed by atoms with Crippen LogP contribution >= 0.6 is 0 Å². The predicted molar refractivity (Wildman–Crippen MR) is 77.2 cm³/mol. The number of likely N-dealkylation sites (N-methyl/N-ethyl adjacent to an activating group) is 1. The summed E-state index contributed by atoms with van der Waals surface area (Å²) < 4.78 is 0. The lowest BCUT2D eigenvalue weighted by Crippen LogP contribution is -2.41. The third-order valence-electron chi connectivity index (χ3n) is 2.36. The summed E-state index contributed by atoms with van der Waals surface area (Å²) in [5.41, 5.74) is -0.0509. The molecular weight excluding hydrogens is 226 g/mol. The summed E-state index contributed by atoms with van der Waals surface area (Å²) in [5, 5.41) is 9.89. The Morgan fingerprint density at radius 3 is 2.39 bits per heavy atom. The molecule has 0 atom stereocenters. The number of rotatable bonds is 6. The zero-order valence-corrected chi connectivity index (χ0v) is 12.3. The molecule has 102 valence electrons. The third-order valence-corrected chi connectivity index (χ3v) is 2.36. The van der Waals surface area contributed by atoms with Gasteiger partial charge in [0.05, 0.1) is 0 Å². The van der Waals surface area contributed by atoms with E-state index in [2.05, 4.69) is 53.6 Å². The van der Waals surface area contributed by atoms with Crippen LogP contribution in [0.2, 0.25) is 0 Å². The maximum Gasteiger partial charge on any atom is 0.132 e. The molecule has 5 heteroatoms. The van der Waals surface area contributed by atoms with Gasteiger partial charge in [-0.15, -0.1) is 0 Å². The fraction of sp³-hybridized carbons (Fsp3) is 0.692. The maximum absolute atomic E-state index is 4.42. The van der Waals surface area contributed by atoms with E-state index in [4.69, 9.17) is 0 Å². The van der Waals surface area contributed by atoms with Crippen LogP contribution in [-0.2, 0) is 0 Å². The van der Waals surface area contributed by atoms with Crippen molar-refractivity contribution in [1.82, 2.24) is 15.3 Å². The van der Waals surface area contributed by atoms with Gasteiger partial charge in [0.1, 0.15) is 17.5 Å². The van der Waals surface area contributed by atoms with E-state index in [0.29, 0.717) is 6.04 Å². The minimum atomic E-state index is -0.0509. The van der Waals surface area contributed by atoms with Gasteiger partial charge in [-0.1, -0.05) is 0 Å². The quantitative estimate of drug-likeness (QED) is 0.722. The second-order valence-corrected chi connectivity index (χ2v) is 5.52. The van der Waals surface area contributed by atoms with E-state index in [0.717, 1.165) is 24.0 Å². The second-order valence-electron chi connectivity index (χ2n) is 5.52. The molecule has 0 aliphatic carbocycles. The summed E-state index contributed by atoms with van der Waals surface area (Å²) in [5.74, 6) is 2.48. The van der Waals surface area contributed by atoms with E-state index >= 15 is 0 Å². The number of hydrogen-bond donors (Lipinski definition) is 3. The van der Waals surface area contributed by atoms with Crippen molar-refractivity contribution in [3.8, 4) is 0 Å². The molecule has 1 aromatic rings. The lowest BCUT2D eigenvalue weighted by molar-refractivity contribution is 0.528. The van der Waals surface area contributed by atoms with Gasteiger partial charge in [-0.3, -0.25) is 0 Å². The van der Waals surface area contributed by atoms with Crippen LogP contribution in [-0.4, -0.2) is 35.1 Å². The smallest absolute Gasteiger partial charge is 0.132 e. The number of hydrogen-bond acceptors (Lipinski definition) is 5. The van der Waals surface area contributed by atoms with E-state index in [-0.39, 0.29) is 5.54 Å². The van der Waals surface area contributed by atoms with Crippen molar-refractivity contribution >= 4 is 11.6 Å². The van der Waals surface area contributed by atoms with Crippen molar-refractivity contribution in [3.63, 3.8) is 0 Å². The molecule has 0 radical (unpaired) electrons. The van der Waals surface area contributed by atoms with Crippen molar-refractivity contribution in [1.29, 1.82) is 0 Å². The Hall–Kier alpha value is -1.36. The van der Waals surface area contributed by atoms with Crippen LogP contribution in [0.15, 0.2) is 6.07 Å². The highest BCUT2D eigenvalue weighted by Gasteiger charge is 2.17. The van der Waals surface area contributed by atoms with Gasteiger partial charge in [0.2, 0.25) is 0 Å². The highest BCUT2D eigenvalue weighted by Crippen LogP contribution is 2.16. The van der Waals surface area contributed by atoms with Gasteiger partial charge < -0.3 is 16.0 Å². The monoisotopic (exact) mass is 251 g/mol. The molecule has 3 N–H and O–H groups in total. The molecule has 1 aromatic heterocycles. The molecule has 0 amide bonds. The molecule has 18 heavy (non-hydrogen) atoms. The highest BCUT2D eigenvalue weighted by atomic mass is 15.1. The molecule has 0 aliphatic heterocycles. The van der Waals surface area contributed by atoms with Crippen LogP contribution in [0, 0.1) is 6.92 Å². The number of nitrogens with one attached hydrogen (secondary N) is 3. The van der Waals surface area contributed by atoms with Crippen LogP contribution in [0.25, 0.3) is 0 Å². The van der Waals surface area contributed by atoms with Gasteiger partial charge in [0.15, 0.2) is 0 Å².